The van der Waals surface area contributed by atoms with E-state index in [1.807, 2.05) is 4.90 Å². The molecular formula is C17H39NO2Si4. The summed E-state index contributed by atoms with van der Waals surface area (Å²) in [5.41, 5.74) is 3.59. The van der Waals surface area contributed by atoms with Gasteiger partial charge in [-0.05, 0) is 20.8 Å². The Bertz CT molecular complexity index is 500. The molecular weight excluding hydrogens is 363 g/mol. The molecule has 7 heteroatoms. The molecule has 0 unspecified atom stereocenters. The van der Waals surface area contributed by atoms with Gasteiger partial charge in [-0.1, -0.05) is 64.6 Å². The lowest BCUT2D eigenvalue weighted by atomic mass is 10.1. The Morgan fingerprint density at radius 1 is 0.958 bits per heavy atom. The zero-order chi connectivity index (χ0) is 19.4. The van der Waals surface area contributed by atoms with E-state index in [1.165, 1.54) is 0 Å². The Labute approximate surface area is 153 Å². The van der Waals surface area contributed by atoms with Crippen molar-refractivity contribution in [2.75, 3.05) is 6.61 Å². The molecule has 1 amide bonds. The monoisotopic (exact) mass is 401 g/mol. The van der Waals surface area contributed by atoms with Crippen LogP contribution in [0.1, 0.15) is 20.8 Å². The van der Waals surface area contributed by atoms with Crippen LogP contribution in [-0.2, 0) is 4.74 Å². The van der Waals surface area contributed by atoms with Crippen molar-refractivity contribution in [2.45, 2.75) is 85.2 Å². The number of ether oxygens (including phenoxy) is 1. The van der Waals surface area contributed by atoms with Crippen molar-refractivity contribution in [3.8, 4) is 0 Å². The van der Waals surface area contributed by atoms with Crippen LogP contribution in [0.4, 0.5) is 4.79 Å². The third-order valence-electron chi connectivity index (χ3n) is 5.66. The van der Waals surface area contributed by atoms with Crippen LogP contribution in [-0.4, -0.2) is 52.5 Å². The number of amides is 1. The van der Waals surface area contributed by atoms with Crippen molar-refractivity contribution in [1.82, 2.24) is 4.90 Å². The molecule has 0 aromatic rings. The van der Waals surface area contributed by atoms with Crippen molar-refractivity contribution in [3.63, 3.8) is 0 Å². The lowest BCUT2D eigenvalue weighted by Crippen LogP contribution is -2.82. The minimum atomic E-state index is -1.62. The van der Waals surface area contributed by atoms with Gasteiger partial charge in [0, 0.05) is 28.5 Å². The van der Waals surface area contributed by atoms with Gasteiger partial charge in [-0.15, -0.1) is 0 Å². The first-order chi connectivity index (χ1) is 10.4. The van der Waals surface area contributed by atoms with E-state index < -0.39 is 29.4 Å². The lowest BCUT2D eigenvalue weighted by Gasteiger charge is -2.56. The zero-order valence-electron chi connectivity index (χ0n) is 18.0. The van der Waals surface area contributed by atoms with Gasteiger partial charge in [0.2, 0.25) is 0 Å². The fourth-order valence-corrected chi connectivity index (χ4v) is 101. The van der Waals surface area contributed by atoms with Gasteiger partial charge in [-0.3, -0.25) is 4.90 Å². The Morgan fingerprint density at radius 3 is 1.58 bits per heavy atom. The van der Waals surface area contributed by atoms with Crippen molar-refractivity contribution in [3.05, 3.63) is 11.4 Å². The largest absolute Gasteiger partial charge is 0.447 e. The van der Waals surface area contributed by atoms with Crippen molar-refractivity contribution < 1.29 is 9.53 Å². The molecule has 1 rings (SSSR count). The number of carbonyl (C=O) groups excluding carboxylic acids is 1. The van der Waals surface area contributed by atoms with E-state index in [0.717, 1.165) is 5.70 Å². The summed E-state index contributed by atoms with van der Waals surface area (Å²) in [7, 11) is -4.15. The van der Waals surface area contributed by atoms with Crippen molar-refractivity contribution >= 4 is 35.5 Å². The molecule has 1 aliphatic heterocycles. The molecule has 0 bridgehead atoms. The van der Waals surface area contributed by atoms with Crippen LogP contribution in [0.15, 0.2) is 11.4 Å². The molecule has 1 aliphatic rings. The SMILES string of the molecule is C/C(=C/[Si]([Si](C)(C)C)([Si](C)(C)C)[Si](C)(C)C)N1C(=O)OCC1(C)C. The zero-order valence-corrected chi connectivity index (χ0v) is 22.0. The van der Waals surface area contributed by atoms with E-state index >= 15 is 0 Å². The van der Waals surface area contributed by atoms with Crippen molar-refractivity contribution in [1.29, 1.82) is 0 Å². The highest BCUT2D eigenvalue weighted by Crippen LogP contribution is 2.40. The predicted molar refractivity (Wildman–Crippen MR) is 117 cm³/mol. The van der Waals surface area contributed by atoms with Gasteiger partial charge in [0.15, 0.2) is 0 Å². The standard InChI is InChI=1S/C17H39NO2Si4/c1-15(18-16(19)20-14-17(18,2)3)13-24(21(4,5)6,22(7,8)9)23(10,11)12/h13H,14H2,1-12H3/b15-13-. The highest BCUT2D eigenvalue weighted by atomic mass is 29.9. The van der Waals surface area contributed by atoms with Crippen LogP contribution in [0, 0.1) is 0 Å². The normalized spacial score (nSPS) is 20.4. The average molecular weight is 402 g/mol. The Morgan fingerprint density at radius 2 is 1.33 bits per heavy atom. The number of carbonyl (C=O) groups is 1. The molecule has 1 heterocycles. The van der Waals surface area contributed by atoms with Crippen LogP contribution in [0.2, 0.25) is 58.9 Å². The first-order valence-electron chi connectivity index (χ1n) is 9.05. The predicted octanol–water partition coefficient (Wildman–Crippen LogP) is 5.36. The average Bonchev–Trinajstić information content (AvgIpc) is 2.55. The van der Waals surface area contributed by atoms with Gasteiger partial charge in [0.05, 0.1) is 12.2 Å². The second kappa shape index (κ2) is 6.24. The smallest absolute Gasteiger partial charge is 0.414 e. The number of rotatable bonds is 5. The maximum Gasteiger partial charge on any atom is 0.414 e. The summed E-state index contributed by atoms with van der Waals surface area (Å²) >= 11 is 0. The Balaban J connectivity index is 3.66. The summed E-state index contributed by atoms with van der Waals surface area (Å²) < 4.78 is 5.37. The molecule has 1 fully saturated rings. The molecule has 0 aromatic heterocycles. The third-order valence-corrected chi connectivity index (χ3v) is 76.7. The first kappa shape index (κ1) is 21.9. The van der Waals surface area contributed by atoms with E-state index in [4.69, 9.17) is 4.74 Å². The molecule has 24 heavy (non-hydrogen) atoms. The van der Waals surface area contributed by atoms with E-state index in [9.17, 15) is 4.79 Å². The molecule has 140 valence electrons. The molecule has 0 atom stereocenters. The van der Waals surface area contributed by atoms with Gasteiger partial charge < -0.3 is 4.74 Å². The fourth-order valence-electron chi connectivity index (χ4n) is 5.64. The summed E-state index contributed by atoms with van der Waals surface area (Å²) in [5.74, 6) is 0. The number of cyclic esters (lactones) is 1. The summed E-state index contributed by atoms with van der Waals surface area (Å²) in [4.78, 5) is 14.3. The molecule has 0 N–H and O–H groups in total. The number of allylic oxidation sites excluding steroid dienone is 1. The summed E-state index contributed by atoms with van der Waals surface area (Å²) in [6.07, 6.45) is -0.168. The highest BCUT2D eigenvalue weighted by Gasteiger charge is 2.60. The number of hydrogen-bond acceptors (Lipinski definition) is 2. The Kier molecular flexibility index (Phi) is 5.70. The second-order valence-corrected chi connectivity index (χ2v) is 51.5. The van der Waals surface area contributed by atoms with Gasteiger partial charge in [-0.2, -0.15) is 0 Å². The third kappa shape index (κ3) is 3.54. The van der Waals surface area contributed by atoms with Crippen LogP contribution in [0.25, 0.3) is 0 Å². The molecule has 3 nitrogen and oxygen atoms in total. The van der Waals surface area contributed by atoms with Gasteiger partial charge >= 0.3 is 6.09 Å². The maximum atomic E-state index is 12.4. The lowest BCUT2D eigenvalue weighted by molar-refractivity contribution is 0.164. The molecule has 0 aromatic carbocycles. The van der Waals surface area contributed by atoms with Crippen LogP contribution < -0.4 is 0 Å². The molecule has 0 aliphatic carbocycles. The minimum Gasteiger partial charge on any atom is -0.447 e. The van der Waals surface area contributed by atoms with Crippen LogP contribution in [0.5, 0.6) is 0 Å². The number of hydrogen-bond donors (Lipinski definition) is 0. The number of nitrogens with zero attached hydrogens (tertiary/aromatic N) is 1. The molecule has 0 saturated carbocycles. The second-order valence-electron chi connectivity index (χ2n) is 11.0. The van der Waals surface area contributed by atoms with E-state index in [0.29, 0.717) is 6.61 Å². The molecule has 0 spiro atoms. The topological polar surface area (TPSA) is 29.5 Å². The first-order valence-corrected chi connectivity index (χ1v) is 24.6. The molecule has 1 saturated heterocycles. The van der Waals surface area contributed by atoms with E-state index in [2.05, 4.69) is 85.4 Å². The molecule has 0 radical (unpaired) electrons. The van der Waals surface area contributed by atoms with Crippen LogP contribution >= 0.6 is 0 Å². The minimum absolute atomic E-state index is 0.168. The van der Waals surface area contributed by atoms with Gasteiger partial charge in [0.25, 0.3) is 0 Å². The van der Waals surface area contributed by atoms with Crippen molar-refractivity contribution in [2.24, 2.45) is 0 Å². The van der Waals surface area contributed by atoms with E-state index in [-0.39, 0.29) is 11.6 Å². The van der Waals surface area contributed by atoms with Gasteiger partial charge in [0.1, 0.15) is 6.61 Å². The van der Waals surface area contributed by atoms with Gasteiger partial charge in [-0.25, -0.2) is 4.79 Å². The quantitative estimate of drug-likeness (QED) is 0.580. The highest BCUT2D eigenvalue weighted by molar-refractivity contribution is 7.90. The Hall–Kier alpha value is -0.122. The summed E-state index contributed by atoms with van der Waals surface area (Å²) in [6, 6.07) is 0. The van der Waals surface area contributed by atoms with E-state index in [1.54, 1.807) is 0 Å². The summed E-state index contributed by atoms with van der Waals surface area (Å²) in [6.45, 7) is 28.4. The maximum absolute atomic E-state index is 12.4. The fraction of sp³-hybridized carbons (Fsp3) is 0.824. The van der Waals surface area contributed by atoms with Crippen LogP contribution in [0.3, 0.4) is 0 Å². The summed E-state index contributed by atoms with van der Waals surface area (Å²) in [5, 5.41) is 0.